The van der Waals surface area contributed by atoms with Gasteiger partial charge in [-0.25, -0.2) is 4.98 Å². The van der Waals surface area contributed by atoms with Gasteiger partial charge in [0.25, 0.3) is 5.91 Å². The maximum Gasteiger partial charge on any atom is 0.272 e. The summed E-state index contributed by atoms with van der Waals surface area (Å²) in [6, 6.07) is 1.79. The molecule has 1 N–H and O–H groups in total. The summed E-state index contributed by atoms with van der Waals surface area (Å²) in [5.41, 5.74) is 1.42. The number of anilines is 1. The van der Waals surface area contributed by atoms with Crippen LogP contribution in [0.5, 0.6) is 0 Å². The average Bonchev–Trinajstić information content (AvgIpc) is 3.24. The standard InChI is InChI=1S/C20H27N5O3S/c1-6-7-25-15(17(26)24-8-10-28-11-9-24)12-14(23-25)16-13(2)21-19(29-16)22-18(27)20(3,4)5/h6,12H,1,7-11H2,2-5H3,(H,21,22,27). The Morgan fingerprint density at radius 2 is 2.03 bits per heavy atom. The average molecular weight is 418 g/mol. The molecule has 2 amide bonds. The van der Waals surface area contributed by atoms with Crippen molar-refractivity contribution >= 4 is 28.3 Å². The molecule has 2 aromatic rings. The number of nitrogens with one attached hydrogen (secondary N) is 1. The van der Waals surface area contributed by atoms with Crippen molar-refractivity contribution in [2.45, 2.75) is 34.2 Å². The Morgan fingerprint density at radius 1 is 1.34 bits per heavy atom. The topological polar surface area (TPSA) is 89.3 Å². The molecule has 8 nitrogen and oxygen atoms in total. The van der Waals surface area contributed by atoms with E-state index in [0.717, 1.165) is 10.6 Å². The van der Waals surface area contributed by atoms with Crippen molar-refractivity contribution in [2.75, 3.05) is 31.6 Å². The molecule has 0 spiro atoms. The molecule has 1 aliphatic rings. The molecule has 0 saturated carbocycles. The minimum atomic E-state index is -0.511. The predicted molar refractivity (Wildman–Crippen MR) is 113 cm³/mol. The number of hydrogen-bond donors (Lipinski definition) is 1. The Labute approximate surface area is 174 Å². The Hall–Kier alpha value is -2.52. The lowest BCUT2D eigenvalue weighted by Gasteiger charge is -2.26. The smallest absolute Gasteiger partial charge is 0.272 e. The third-order valence-corrected chi connectivity index (χ3v) is 5.63. The van der Waals surface area contributed by atoms with E-state index < -0.39 is 5.41 Å². The number of rotatable bonds is 5. The molecule has 1 saturated heterocycles. The zero-order chi connectivity index (χ0) is 21.2. The van der Waals surface area contributed by atoms with E-state index >= 15 is 0 Å². The number of ether oxygens (including phenoxy) is 1. The van der Waals surface area contributed by atoms with E-state index in [9.17, 15) is 9.59 Å². The Morgan fingerprint density at radius 3 is 2.66 bits per heavy atom. The van der Waals surface area contributed by atoms with Gasteiger partial charge in [-0.2, -0.15) is 5.10 Å². The predicted octanol–water partition coefficient (Wildman–Crippen LogP) is 2.96. The largest absolute Gasteiger partial charge is 0.378 e. The van der Waals surface area contributed by atoms with E-state index in [1.54, 1.807) is 21.7 Å². The molecule has 0 unspecified atom stereocenters. The van der Waals surface area contributed by atoms with Crippen LogP contribution in [0.4, 0.5) is 5.13 Å². The molecule has 0 atom stereocenters. The fraction of sp³-hybridized carbons (Fsp3) is 0.500. The van der Waals surface area contributed by atoms with Gasteiger partial charge in [0.15, 0.2) is 5.13 Å². The quantitative estimate of drug-likeness (QED) is 0.756. The molecule has 0 aliphatic carbocycles. The first-order valence-electron chi connectivity index (χ1n) is 9.55. The number of allylic oxidation sites excluding steroid dienone is 1. The van der Waals surface area contributed by atoms with E-state index in [2.05, 4.69) is 22.0 Å². The Kier molecular flexibility index (Phi) is 6.18. The molecule has 2 aromatic heterocycles. The zero-order valence-corrected chi connectivity index (χ0v) is 18.1. The highest BCUT2D eigenvalue weighted by Crippen LogP contribution is 2.33. The number of nitrogens with zero attached hydrogens (tertiary/aromatic N) is 4. The van der Waals surface area contributed by atoms with E-state index in [1.165, 1.54) is 11.3 Å². The lowest BCUT2D eigenvalue weighted by molar-refractivity contribution is -0.123. The molecule has 9 heteroatoms. The van der Waals surface area contributed by atoms with Crippen LogP contribution in [0.2, 0.25) is 0 Å². The highest BCUT2D eigenvalue weighted by molar-refractivity contribution is 7.19. The minimum absolute atomic E-state index is 0.0719. The second kappa shape index (κ2) is 8.46. The summed E-state index contributed by atoms with van der Waals surface area (Å²) in [4.78, 5) is 32.3. The van der Waals surface area contributed by atoms with Crippen LogP contribution in [0, 0.1) is 12.3 Å². The SMILES string of the molecule is C=CCn1nc(-c2sc(NC(=O)C(C)(C)C)nc2C)cc1C(=O)N1CCOCC1. The van der Waals surface area contributed by atoms with Crippen LogP contribution in [-0.2, 0) is 16.1 Å². The third-order valence-electron chi connectivity index (χ3n) is 4.53. The van der Waals surface area contributed by atoms with Crippen LogP contribution in [-0.4, -0.2) is 57.8 Å². The molecule has 0 radical (unpaired) electrons. The van der Waals surface area contributed by atoms with Crippen LogP contribution < -0.4 is 5.32 Å². The van der Waals surface area contributed by atoms with Crippen LogP contribution in [0.1, 0.15) is 37.0 Å². The summed E-state index contributed by atoms with van der Waals surface area (Å²) < 4.78 is 7.00. The van der Waals surface area contributed by atoms with E-state index in [4.69, 9.17) is 4.74 Å². The Balaban J connectivity index is 1.90. The second-order valence-electron chi connectivity index (χ2n) is 7.93. The summed E-state index contributed by atoms with van der Waals surface area (Å²) in [5, 5.41) is 8.00. The lowest BCUT2D eigenvalue weighted by atomic mass is 9.96. The molecule has 0 bridgehead atoms. The summed E-state index contributed by atoms with van der Waals surface area (Å²) in [5.74, 6) is -0.171. The van der Waals surface area contributed by atoms with Crippen molar-refractivity contribution in [2.24, 2.45) is 5.41 Å². The number of amides is 2. The molecule has 29 heavy (non-hydrogen) atoms. The first-order valence-corrected chi connectivity index (χ1v) is 10.4. The fourth-order valence-corrected chi connectivity index (χ4v) is 3.78. The molecule has 1 aliphatic heterocycles. The fourth-order valence-electron chi connectivity index (χ4n) is 2.86. The molecule has 3 rings (SSSR count). The zero-order valence-electron chi connectivity index (χ0n) is 17.3. The molecule has 1 fully saturated rings. The van der Waals surface area contributed by atoms with Gasteiger partial charge in [0.05, 0.1) is 30.3 Å². The third kappa shape index (κ3) is 4.73. The normalized spacial score (nSPS) is 14.7. The van der Waals surface area contributed by atoms with Gasteiger partial charge >= 0.3 is 0 Å². The number of carbonyl (C=O) groups is 2. The van der Waals surface area contributed by atoms with Gasteiger partial charge in [-0.05, 0) is 13.0 Å². The number of hydrogen-bond acceptors (Lipinski definition) is 6. The molecular weight excluding hydrogens is 390 g/mol. The van der Waals surface area contributed by atoms with Crippen molar-refractivity contribution in [3.63, 3.8) is 0 Å². The van der Waals surface area contributed by atoms with Crippen molar-refractivity contribution in [3.05, 3.63) is 30.1 Å². The maximum absolute atomic E-state index is 13.0. The van der Waals surface area contributed by atoms with Crippen molar-refractivity contribution in [3.8, 4) is 10.6 Å². The number of thiazole rings is 1. The highest BCUT2D eigenvalue weighted by Gasteiger charge is 2.26. The van der Waals surface area contributed by atoms with Gasteiger partial charge in [-0.1, -0.05) is 38.2 Å². The monoisotopic (exact) mass is 417 g/mol. The minimum Gasteiger partial charge on any atom is -0.378 e. The van der Waals surface area contributed by atoms with Gasteiger partial charge in [-0.15, -0.1) is 6.58 Å². The van der Waals surface area contributed by atoms with E-state index in [1.807, 2.05) is 27.7 Å². The molecule has 3 heterocycles. The van der Waals surface area contributed by atoms with Gasteiger partial charge in [-0.3, -0.25) is 14.3 Å². The number of aryl methyl sites for hydroxylation is 1. The van der Waals surface area contributed by atoms with Crippen LogP contribution >= 0.6 is 11.3 Å². The Bertz CT molecular complexity index is 919. The highest BCUT2D eigenvalue weighted by atomic mass is 32.1. The molecular formula is C20H27N5O3S. The van der Waals surface area contributed by atoms with E-state index in [0.29, 0.717) is 49.4 Å². The summed E-state index contributed by atoms with van der Waals surface area (Å²) in [6.07, 6.45) is 1.71. The van der Waals surface area contributed by atoms with Gasteiger partial charge in [0, 0.05) is 18.5 Å². The van der Waals surface area contributed by atoms with Crippen molar-refractivity contribution in [1.29, 1.82) is 0 Å². The van der Waals surface area contributed by atoms with Crippen LogP contribution in [0.3, 0.4) is 0 Å². The van der Waals surface area contributed by atoms with Gasteiger partial charge in [0.2, 0.25) is 5.91 Å². The first kappa shape index (κ1) is 21.2. The first-order chi connectivity index (χ1) is 13.7. The van der Waals surface area contributed by atoms with Crippen molar-refractivity contribution < 1.29 is 14.3 Å². The summed E-state index contributed by atoms with van der Waals surface area (Å²) >= 11 is 1.35. The number of morpholine rings is 1. The van der Waals surface area contributed by atoms with Crippen LogP contribution in [0.25, 0.3) is 10.6 Å². The number of aromatic nitrogens is 3. The van der Waals surface area contributed by atoms with Crippen molar-refractivity contribution in [1.82, 2.24) is 19.7 Å². The van der Waals surface area contributed by atoms with Gasteiger partial charge < -0.3 is 15.0 Å². The summed E-state index contributed by atoms with van der Waals surface area (Å²) in [7, 11) is 0. The van der Waals surface area contributed by atoms with E-state index in [-0.39, 0.29) is 11.8 Å². The second-order valence-corrected chi connectivity index (χ2v) is 8.93. The number of carbonyl (C=O) groups excluding carboxylic acids is 2. The molecule has 0 aromatic carbocycles. The van der Waals surface area contributed by atoms with Gasteiger partial charge in [0.1, 0.15) is 11.4 Å². The summed E-state index contributed by atoms with van der Waals surface area (Å²) in [6.45, 7) is 13.8. The van der Waals surface area contributed by atoms with Crippen LogP contribution in [0.15, 0.2) is 18.7 Å². The maximum atomic E-state index is 13.0. The molecule has 156 valence electrons. The lowest BCUT2D eigenvalue weighted by Crippen LogP contribution is -2.41.